The van der Waals surface area contributed by atoms with Crippen LogP contribution >= 0.6 is 34.8 Å². The van der Waals surface area contributed by atoms with E-state index in [9.17, 15) is 33.9 Å². The predicted octanol–water partition coefficient (Wildman–Crippen LogP) is -4.56. The molecule has 0 bridgehead atoms. The molecule has 1 heterocycles. The standard InChI is InChI=1S/C39H53Cl3N22O7/c1-63(2)20-12-10-17(11-13-20)7-6-14-64(28-21(43)15-19(16-53-28)39(40,41)42)34(71)33(70)54-22(18-8-4-3-5-9-18)29(66)56-25(60-36(47)48)31(68)58-27(62-38(51)52)32(69)57-26(61-37(49)50)30(67)55-24(23(44)65)59-35(45)46/h3-13,15-16,22,24-27,34,71H,14,43H2,1-2H3,(H2,44,65)(H,54,70)(H,55,67)(H,56,66)(H,57,69)(H,58,68)(H4,45,46,59)(H4,47,48,60)(H4,49,50,61)(H4,51,52,62)/b7-6-. The molecule has 1 aromatic heterocycles. The summed E-state index contributed by atoms with van der Waals surface area (Å²) in [5, 5.41) is 61.4. The van der Waals surface area contributed by atoms with E-state index in [-0.39, 0.29) is 29.2 Å². The van der Waals surface area contributed by atoms with Crippen LogP contribution in [-0.2, 0) is 32.6 Å². The largest absolute Gasteiger partial charge is 0.396 e. The number of aromatic nitrogens is 1. The third-order valence-corrected chi connectivity index (χ3v) is 9.80. The lowest BCUT2D eigenvalue weighted by atomic mass is 10.1. The Labute approximate surface area is 419 Å². The fraction of sp³-hybridized carbons (Fsp3) is 0.256. The number of amides is 6. The number of benzene rings is 2. The van der Waals surface area contributed by atoms with Gasteiger partial charge in [-0.15, -0.1) is 0 Å². The predicted molar refractivity (Wildman–Crippen MR) is 265 cm³/mol. The average molecular weight is 1050 g/mol. The quantitative estimate of drug-likeness (QED) is 0.0195. The number of anilines is 3. The summed E-state index contributed by atoms with van der Waals surface area (Å²) in [6.45, 7) is -0.217. The molecule has 3 aromatic rings. The van der Waals surface area contributed by atoms with Gasteiger partial charge >= 0.3 is 0 Å². The van der Waals surface area contributed by atoms with E-state index in [1.165, 1.54) is 36.5 Å². The number of nitrogens with two attached hydrogens (primary N) is 6. The summed E-state index contributed by atoms with van der Waals surface area (Å²) in [4.78, 5) is 87.9. The molecule has 6 unspecified atom stereocenters. The molecule has 0 fully saturated rings. The van der Waals surface area contributed by atoms with Crippen molar-refractivity contribution < 1.29 is 33.9 Å². The lowest BCUT2D eigenvalue weighted by molar-refractivity contribution is -0.136. The summed E-state index contributed by atoms with van der Waals surface area (Å²) < 4.78 is -1.94. The maximum absolute atomic E-state index is 14.2. The van der Waals surface area contributed by atoms with Crippen LogP contribution in [0.4, 0.5) is 17.2 Å². The summed E-state index contributed by atoms with van der Waals surface area (Å²) in [5.74, 6) is -11.3. The monoisotopic (exact) mass is 1050 g/mol. The molecule has 0 aliphatic carbocycles. The summed E-state index contributed by atoms with van der Waals surface area (Å²) in [5.41, 5.74) is 34.9. The third kappa shape index (κ3) is 17.8. The molecule has 0 radical (unpaired) electrons. The van der Waals surface area contributed by atoms with Crippen molar-refractivity contribution in [1.29, 1.82) is 21.6 Å². The zero-order valence-corrected chi connectivity index (χ0v) is 39.8. The number of nitrogens with zero attached hydrogens (tertiary/aromatic N) is 3. The first kappa shape index (κ1) is 56.8. The lowest BCUT2D eigenvalue weighted by Crippen LogP contribution is -2.68. The van der Waals surface area contributed by atoms with Crippen molar-refractivity contribution in [2.45, 2.75) is 40.7 Å². The molecule has 6 amide bonds. The Kier molecular flexibility index (Phi) is 20.6. The lowest BCUT2D eigenvalue weighted by Gasteiger charge is -2.30. The highest BCUT2D eigenvalue weighted by atomic mass is 35.6. The number of primary amides is 1. The van der Waals surface area contributed by atoms with E-state index >= 15 is 0 Å². The Morgan fingerprint density at radius 2 is 1.11 bits per heavy atom. The van der Waals surface area contributed by atoms with Crippen LogP contribution in [-0.4, -0.2) is 121 Å². The molecule has 0 saturated heterocycles. The van der Waals surface area contributed by atoms with Crippen LogP contribution in [0.25, 0.3) is 6.08 Å². The van der Waals surface area contributed by atoms with E-state index in [4.69, 9.17) is 90.8 Å². The number of aliphatic hydroxyl groups is 1. The van der Waals surface area contributed by atoms with Gasteiger partial charge in [-0.3, -0.25) is 50.4 Å². The van der Waals surface area contributed by atoms with Gasteiger partial charge < -0.3 is 97.2 Å². The first-order valence-electron chi connectivity index (χ1n) is 20.2. The number of halogens is 3. The summed E-state index contributed by atoms with van der Waals surface area (Å²) >= 11 is 18.1. The summed E-state index contributed by atoms with van der Waals surface area (Å²) in [6, 6.07) is 14.4. The number of nitrogen functional groups attached to an aromatic ring is 1. The number of hydrogen-bond donors (Lipinski definition) is 20. The smallest absolute Gasteiger partial charge is 0.271 e. The van der Waals surface area contributed by atoms with Crippen LogP contribution in [0.15, 0.2) is 72.9 Å². The van der Waals surface area contributed by atoms with Crippen molar-refractivity contribution >= 4 is 117 Å². The molecular weight excluding hydrogens is 995 g/mol. The highest BCUT2D eigenvalue weighted by Gasteiger charge is 2.36. The Hall–Kier alpha value is -8.54. The minimum absolute atomic E-state index is 0.0679. The average Bonchev–Trinajstić information content (AvgIpc) is 3.27. The molecule has 29 nitrogen and oxygen atoms in total. The molecule has 382 valence electrons. The highest BCUT2D eigenvalue weighted by molar-refractivity contribution is 6.66. The van der Waals surface area contributed by atoms with Gasteiger partial charge in [-0.25, -0.2) is 4.98 Å². The fourth-order valence-electron chi connectivity index (χ4n) is 5.87. The van der Waals surface area contributed by atoms with Crippen LogP contribution in [0, 0.1) is 21.6 Å². The van der Waals surface area contributed by atoms with E-state index in [1.54, 1.807) is 18.2 Å². The number of pyridine rings is 1. The topological polar surface area (TPSA) is 502 Å². The number of alkyl halides is 3. The Morgan fingerprint density at radius 3 is 1.54 bits per heavy atom. The second kappa shape index (κ2) is 25.7. The molecule has 0 spiro atoms. The molecule has 26 N–H and O–H groups in total. The summed E-state index contributed by atoms with van der Waals surface area (Å²) in [6.07, 6.45) is -5.70. The number of hydrogen-bond acceptors (Lipinski definition) is 15. The minimum Gasteiger partial charge on any atom is -0.396 e. The highest BCUT2D eigenvalue weighted by Crippen LogP contribution is 2.39. The van der Waals surface area contributed by atoms with Crippen LogP contribution in [0.3, 0.4) is 0 Å². The Morgan fingerprint density at radius 1 is 0.662 bits per heavy atom. The zero-order chi connectivity index (χ0) is 53.3. The van der Waals surface area contributed by atoms with Crippen LogP contribution in [0.2, 0.25) is 0 Å². The number of carbonyl (C=O) groups is 6. The van der Waals surface area contributed by atoms with Gasteiger partial charge in [0.1, 0.15) is 6.04 Å². The zero-order valence-electron chi connectivity index (χ0n) is 37.5. The van der Waals surface area contributed by atoms with Gasteiger partial charge in [-0.1, -0.05) is 89.4 Å². The first-order valence-corrected chi connectivity index (χ1v) is 21.3. The molecule has 6 atom stereocenters. The number of guanidine groups is 4. The summed E-state index contributed by atoms with van der Waals surface area (Å²) in [7, 11) is 3.76. The van der Waals surface area contributed by atoms with Gasteiger partial charge in [-0.2, -0.15) is 0 Å². The van der Waals surface area contributed by atoms with Crippen molar-refractivity contribution in [3.8, 4) is 0 Å². The molecular formula is C39H53Cl3N22O7. The van der Waals surface area contributed by atoms with Crippen molar-refractivity contribution in [3.05, 3.63) is 89.6 Å². The van der Waals surface area contributed by atoms with E-state index in [1.807, 2.05) is 59.2 Å². The Bertz CT molecular complexity index is 2500. The van der Waals surface area contributed by atoms with E-state index in [0.717, 1.165) is 16.2 Å². The van der Waals surface area contributed by atoms with Crippen LogP contribution in [0.5, 0.6) is 0 Å². The van der Waals surface area contributed by atoms with Crippen molar-refractivity contribution in [1.82, 2.24) is 52.8 Å². The maximum Gasteiger partial charge on any atom is 0.271 e. The second-order valence-corrected chi connectivity index (χ2v) is 17.1. The fourth-order valence-corrected chi connectivity index (χ4v) is 6.18. The first-order chi connectivity index (χ1) is 33.2. The second-order valence-electron chi connectivity index (χ2n) is 14.8. The molecule has 0 saturated carbocycles. The number of aliphatic hydroxyl groups excluding tert-OH is 1. The van der Waals surface area contributed by atoms with Gasteiger partial charge in [0.2, 0.25) is 15.9 Å². The minimum atomic E-state index is -2.15. The molecule has 3 rings (SSSR count). The maximum atomic E-state index is 14.2. The molecule has 2 aromatic carbocycles. The van der Waals surface area contributed by atoms with E-state index in [2.05, 4.69) is 36.9 Å². The number of carbonyl (C=O) groups excluding carboxylic acids is 6. The molecule has 0 aliphatic rings. The van der Waals surface area contributed by atoms with Gasteiger partial charge in [0, 0.05) is 38.1 Å². The van der Waals surface area contributed by atoms with Gasteiger partial charge in [0.25, 0.3) is 29.5 Å². The van der Waals surface area contributed by atoms with E-state index in [0.29, 0.717) is 0 Å². The van der Waals surface area contributed by atoms with Crippen molar-refractivity contribution in [2.24, 2.45) is 28.7 Å². The molecule has 32 heteroatoms. The SMILES string of the molecule is CN(C)c1ccc(/C=C\CN(c2ncc(C(Cl)(Cl)Cl)cc2N)C(O)C(=O)NC(C(=O)NC(NC(=N)N)C(=O)NC(NC(=N)N)C(=O)NC(NC(=N)N)C(=O)NC(NC(=N)N)C(N)=O)c2ccccc2)cc1. The normalized spacial score (nSPS) is 13.5. The van der Waals surface area contributed by atoms with E-state index < -0.39 is 100 Å². The van der Waals surface area contributed by atoms with Gasteiger partial charge in [-0.05, 0) is 29.3 Å². The molecule has 0 aliphatic heterocycles. The van der Waals surface area contributed by atoms with Gasteiger partial charge in [0.05, 0.1) is 5.69 Å². The third-order valence-electron chi connectivity index (χ3n) is 9.14. The number of nitrogens with one attached hydrogen (secondary N) is 13. The van der Waals surface area contributed by atoms with Crippen LogP contribution in [0.1, 0.15) is 22.7 Å². The van der Waals surface area contributed by atoms with Crippen LogP contribution < -0.4 is 92.1 Å². The number of rotatable bonds is 22. The van der Waals surface area contributed by atoms with Crippen molar-refractivity contribution in [2.75, 3.05) is 36.2 Å². The van der Waals surface area contributed by atoms with Gasteiger partial charge in [0.15, 0.2) is 54.3 Å². The molecule has 71 heavy (non-hydrogen) atoms. The Balaban J connectivity index is 1.96. The van der Waals surface area contributed by atoms with Crippen molar-refractivity contribution in [3.63, 3.8) is 0 Å².